The van der Waals surface area contributed by atoms with E-state index in [1.165, 1.54) is 15.8 Å². The number of anilines is 1. The molecule has 0 saturated carbocycles. The molecule has 0 bridgehead atoms. The summed E-state index contributed by atoms with van der Waals surface area (Å²) in [4.78, 5) is 13.6. The van der Waals surface area contributed by atoms with Crippen molar-refractivity contribution in [3.63, 3.8) is 0 Å². The molecule has 0 aliphatic carbocycles. The Morgan fingerprint density at radius 2 is 2.20 bits per heavy atom. The van der Waals surface area contributed by atoms with E-state index in [9.17, 15) is 0 Å². The zero-order chi connectivity index (χ0) is 14.3. The molecule has 1 saturated heterocycles. The van der Waals surface area contributed by atoms with Crippen LogP contribution >= 0.6 is 11.3 Å². The summed E-state index contributed by atoms with van der Waals surface area (Å²) >= 11 is 1.73. The number of hydrogen-bond donors (Lipinski definition) is 1. The normalized spacial score (nSPS) is 23.5. The van der Waals surface area contributed by atoms with Gasteiger partial charge in [-0.05, 0) is 26.3 Å². The lowest BCUT2D eigenvalue weighted by atomic mass is 10.1. The Hall–Kier alpha value is -1.24. The number of hydrogen-bond acceptors (Lipinski definition) is 6. The van der Waals surface area contributed by atoms with Crippen LogP contribution in [0.4, 0.5) is 5.82 Å². The highest BCUT2D eigenvalue weighted by Crippen LogP contribution is 2.35. The topological polar surface area (TPSA) is 64.3 Å². The van der Waals surface area contributed by atoms with Gasteiger partial charge in [0.25, 0.3) is 0 Å². The second-order valence-electron chi connectivity index (χ2n) is 5.37. The van der Waals surface area contributed by atoms with E-state index in [1.807, 2.05) is 0 Å². The molecule has 0 aromatic carbocycles. The van der Waals surface area contributed by atoms with Gasteiger partial charge < -0.3 is 15.4 Å². The summed E-state index contributed by atoms with van der Waals surface area (Å²) in [6.45, 7) is 8.54. The van der Waals surface area contributed by atoms with Crippen LogP contribution in [0.5, 0.6) is 0 Å². The predicted molar refractivity (Wildman–Crippen MR) is 82.5 cm³/mol. The maximum atomic E-state index is 5.83. The Kier molecular flexibility index (Phi) is 3.62. The second-order valence-corrected chi connectivity index (χ2v) is 6.57. The van der Waals surface area contributed by atoms with E-state index in [4.69, 9.17) is 10.5 Å². The van der Waals surface area contributed by atoms with Gasteiger partial charge in [0.1, 0.15) is 17.0 Å². The average molecular weight is 292 g/mol. The van der Waals surface area contributed by atoms with Gasteiger partial charge in [-0.3, -0.25) is 0 Å². The largest absolute Gasteiger partial charge is 0.370 e. The molecular weight excluding hydrogens is 272 g/mol. The van der Waals surface area contributed by atoms with Crippen LogP contribution in [-0.2, 0) is 4.74 Å². The fraction of sp³-hybridized carbons (Fsp3) is 0.571. The number of ether oxygens (including phenoxy) is 1. The van der Waals surface area contributed by atoms with E-state index in [1.54, 1.807) is 17.7 Å². The molecule has 108 valence electrons. The summed E-state index contributed by atoms with van der Waals surface area (Å²) in [7, 11) is 0. The summed E-state index contributed by atoms with van der Waals surface area (Å²) in [5.74, 6) is 1.02. The smallest absolute Gasteiger partial charge is 0.141 e. The molecule has 2 N–H and O–H groups in total. The molecule has 2 unspecified atom stereocenters. The first kappa shape index (κ1) is 13.7. The summed E-state index contributed by atoms with van der Waals surface area (Å²) < 4.78 is 5.83. The lowest BCUT2D eigenvalue weighted by Crippen LogP contribution is -2.49. The standard InChI is InChI=1S/C14H20N4OS/c1-8-5-18(6-11(4-15)19-8)13-12-9(2)10(3)20-14(12)17-7-16-13/h7-8,11H,4-6,15H2,1-3H3. The van der Waals surface area contributed by atoms with Crippen molar-refractivity contribution in [1.82, 2.24) is 9.97 Å². The minimum absolute atomic E-state index is 0.0730. The first-order chi connectivity index (χ1) is 9.60. The van der Waals surface area contributed by atoms with E-state index in [0.29, 0.717) is 6.54 Å². The molecule has 3 rings (SSSR count). The Labute approximate surface area is 122 Å². The molecule has 2 atom stereocenters. The van der Waals surface area contributed by atoms with Crippen LogP contribution in [-0.4, -0.2) is 41.8 Å². The van der Waals surface area contributed by atoms with Crippen LogP contribution in [0.3, 0.4) is 0 Å². The fourth-order valence-electron chi connectivity index (χ4n) is 2.75. The van der Waals surface area contributed by atoms with Gasteiger partial charge in [0.15, 0.2) is 0 Å². The van der Waals surface area contributed by atoms with Gasteiger partial charge in [-0.1, -0.05) is 0 Å². The van der Waals surface area contributed by atoms with Crippen LogP contribution in [0.2, 0.25) is 0 Å². The SMILES string of the molecule is Cc1sc2ncnc(N3CC(C)OC(CN)C3)c2c1C. The maximum Gasteiger partial charge on any atom is 0.141 e. The molecule has 2 aromatic heterocycles. The summed E-state index contributed by atoms with van der Waals surface area (Å²) in [6.07, 6.45) is 1.90. The van der Waals surface area contributed by atoms with Gasteiger partial charge in [0.05, 0.1) is 17.6 Å². The van der Waals surface area contributed by atoms with Gasteiger partial charge in [-0.2, -0.15) is 0 Å². The molecule has 2 aromatic rings. The van der Waals surface area contributed by atoms with E-state index in [2.05, 4.69) is 35.6 Å². The monoisotopic (exact) mass is 292 g/mol. The van der Waals surface area contributed by atoms with Crippen molar-refractivity contribution in [2.45, 2.75) is 33.0 Å². The molecule has 1 fully saturated rings. The number of fused-ring (bicyclic) bond motifs is 1. The van der Waals surface area contributed by atoms with E-state index in [0.717, 1.165) is 23.7 Å². The molecule has 20 heavy (non-hydrogen) atoms. The number of morpholine rings is 1. The summed E-state index contributed by atoms with van der Waals surface area (Å²) in [5, 5.41) is 1.18. The minimum atomic E-state index is 0.0730. The number of nitrogens with zero attached hydrogens (tertiary/aromatic N) is 3. The van der Waals surface area contributed by atoms with Crippen LogP contribution < -0.4 is 10.6 Å². The van der Waals surface area contributed by atoms with Crippen molar-refractivity contribution in [3.8, 4) is 0 Å². The van der Waals surface area contributed by atoms with E-state index < -0.39 is 0 Å². The molecular formula is C14H20N4OS. The lowest BCUT2D eigenvalue weighted by molar-refractivity contribution is -0.0106. The highest BCUT2D eigenvalue weighted by Gasteiger charge is 2.27. The van der Waals surface area contributed by atoms with Crippen LogP contribution in [0.15, 0.2) is 6.33 Å². The third-order valence-electron chi connectivity index (χ3n) is 3.83. The Bertz CT molecular complexity index is 627. The van der Waals surface area contributed by atoms with E-state index >= 15 is 0 Å². The predicted octanol–water partition coefficient (Wildman–Crippen LogP) is 1.86. The summed E-state index contributed by atoms with van der Waals surface area (Å²) in [5.41, 5.74) is 7.05. The van der Waals surface area contributed by atoms with Crippen molar-refractivity contribution < 1.29 is 4.74 Å². The highest BCUT2D eigenvalue weighted by atomic mass is 32.1. The van der Waals surface area contributed by atoms with Crippen molar-refractivity contribution >= 4 is 27.4 Å². The van der Waals surface area contributed by atoms with Crippen molar-refractivity contribution in [2.75, 3.05) is 24.5 Å². The zero-order valence-corrected chi connectivity index (χ0v) is 12.9. The van der Waals surface area contributed by atoms with Gasteiger partial charge >= 0.3 is 0 Å². The molecule has 6 heteroatoms. The van der Waals surface area contributed by atoms with E-state index in [-0.39, 0.29) is 12.2 Å². The molecule has 0 radical (unpaired) electrons. The summed E-state index contributed by atoms with van der Waals surface area (Å²) in [6, 6.07) is 0. The third kappa shape index (κ3) is 2.28. The van der Waals surface area contributed by atoms with Gasteiger partial charge in [0, 0.05) is 24.5 Å². The molecule has 5 nitrogen and oxygen atoms in total. The van der Waals surface area contributed by atoms with Crippen LogP contribution in [0.1, 0.15) is 17.4 Å². The quantitative estimate of drug-likeness (QED) is 0.915. The highest BCUT2D eigenvalue weighted by molar-refractivity contribution is 7.18. The lowest BCUT2D eigenvalue weighted by Gasteiger charge is -2.37. The Morgan fingerprint density at radius 1 is 1.40 bits per heavy atom. The first-order valence-electron chi connectivity index (χ1n) is 6.91. The number of aromatic nitrogens is 2. The Balaban J connectivity index is 2.05. The molecule has 0 amide bonds. The minimum Gasteiger partial charge on any atom is -0.370 e. The first-order valence-corrected chi connectivity index (χ1v) is 7.73. The number of thiophene rings is 1. The third-order valence-corrected chi connectivity index (χ3v) is 4.95. The average Bonchev–Trinajstić information content (AvgIpc) is 2.73. The zero-order valence-electron chi connectivity index (χ0n) is 12.1. The van der Waals surface area contributed by atoms with Crippen molar-refractivity contribution in [2.24, 2.45) is 5.73 Å². The van der Waals surface area contributed by atoms with Crippen LogP contribution in [0.25, 0.3) is 10.2 Å². The van der Waals surface area contributed by atoms with Gasteiger partial charge in [-0.25, -0.2) is 9.97 Å². The maximum absolute atomic E-state index is 5.83. The van der Waals surface area contributed by atoms with Crippen molar-refractivity contribution in [1.29, 1.82) is 0 Å². The molecule has 1 aliphatic rings. The fourth-order valence-corrected chi connectivity index (χ4v) is 3.74. The number of nitrogens with two attached hydrogens (primary N) is 1. The number of rotatable bonds is 2. The Morgan fingerprint density at radius 3 is 2.95 bits per heavy atom. The van der Waals surface area contributed by atoms with Gasteiger partial charge in [0.2, 0.25) is 0 Å². The second kappa shape index (κ2) is 5.27. The van der Waals surface area contributed by atoms with Crippen LogP contribution in [0, 0.1) is 13.8 Å². The molecule has 0 spiro atoms. The molecule has 1 aliphatic heterocycles. The van der Waals surface area contributed by atoms with Gasteiger partial charge in [-0.15, -0.1) is 11.3 Å². The molecule has 3 heterocycles. The number of aryl methyl sites for hydroxylation is 2. The van der Waals surface area contributed by atoms with Crippen molar-refractivity contribution in [3.05, 3.63) is 16.8 Å².